The summed E-state index contributed by atoms with van der Waals surface area (Å²) in [4.78, 5) is 0. The second kappa shape index (κ2) is 6.94. The number of rotatable bonds is 5. The van der Waals surface area contributed by atoms with Crippen molar-refractivity contribution < 1.29 is 4.74 Å². The summed E-state index contributed by atoms with van der Waals surface area (Å²) in [5, 5.41) is 0.697. The van der Waals surface area contributed by atoms with E-state index in [1.165, 1.54) is 16.7 Å². The first-order valence-electron chi connectivity index (χ1n) is 6.91. The first kappa shape index (κ1) is 15.8. The van der Waals surface area contributed by atoms with Crippen LogP contribution in [0.3, 0.4) is 0 Å². The topological polar surface area (TPSA) is 47.3 Å². The average Bonchev–Trinajstić information content (AvgIpc) is 2.46. The van der Waals surface area contributed by atoms with Gasteiger partial charge < -0.3 is 4.74 Å². The number of hydrogen-bond donors (Lipinski definition) is 2. The highest BCUT2D eigenvalue weighted by Gasteiger charge is 2.17. The van der Waals surface area contributed by atoms with Gasteiger partial charge in [-0.1, -0.05) is 29.8 Å². The van der Waals surface area contributed by atoms with Crippen molar-refractivity contribution in [3.05, 3.63) is 63.7 Å². The van der Waals surface area contributed by atoms with Crippen LogP contribution < -0.4 is 16.0 Å². The van der Waals surface area contributed by atoms with E-state index in [4.69, 9.17) is 22.2 Å². The lowest BCUT2D eigenvalue weighted by molar-refractivity contribution is 0.405. The van der Waals surface area contributed by atoms with Crippen LogP contribution in [-0.4, -0.2) is 7.11 Å². The van der Waals surface area contributed by atoms with Crippen molar-refractivity contribution in [2.24, 2.45) is 5.84 Å². The van der Waals surface area contributed by atoms with Crippen LogP contribution in [0.5, 0.6) is 5.75 Å². The van der Waals surface area contributed by atoms with E-state index in [-0.39, 0.29) is 6.04 Å². The first-order valence-corrected chi connectivity index (χ1v) is 7.29. The second-order valence-corrected chi connectivity index (χ2v) is 5.62. The molecule has 0 bridgehead atoms. The normalized spacial score (nSPS) is 12.2. The highest BCUT2D eigenvalue weighted by Crippen LogP contribution is 2.30. The standard InChI is InChI=1S/C17H21ClN2O/c1-11-5-4-6-12(2)17(11)15(20-19)10-13-9-14(18)7-8-16(13)21-3/h4-9,15,20H,10,19H2,1-3H3. The molecular weight excluding hydrogens is 284 g/mol. The van der Waals surface area contributed by atoms with Crippen molar-refractivity contribution in [3.8, 4) is 5.75 Å². The zero-order valence-corrected chi connectivity index (χ0v) is 13.4. The molecule has 3 N–H and O–H groups in total. The molecule has 21 heavy (non-hydrogen) atoms. The molecule has 0 aromatic heterocycles. The van der Waals surface area contributed by atoms with E-state index < -0.39 is 0 Å². The summed E-state index contributed by atoms with van der Waals surface area (Å²) in [6.07, 6.45) is 0.714. The Balaban J connectivity index is 2.38. The maximum absolute atomic E-state index is 6.10. The molecule has 112 valence electrons. The number of hydrazine groups is 1. The van der Waals surface area contributed by atoms with Gasteiger partial charge in [0.05, 0.1) is 13.2 Å². The zero-order valence-electron chi connectivity index (χ0n) is 12.6. The van der Waals surface area contributed by atoms with Crippen LogP contribution in [0.2, 0.25) is 5.02 Å². The van der Waals surface area contributed by atoms with Crippen LogP contribution >= 0.6 is 11.6 Å². The van der Waals surface area contributed by atoms with Gasteiger partial charge in [-0.2, -0.15) is 0 Å². The van der Waals surface area contributed by atoms with Crippen molar-refractivity contribution in [1.82, 2.24) is 5.43 Å². The van der Waals surface area contributed by atoms with Crippen molar-refractivity contribution >= 4 is 11.6 Å². The van der Waals surface area contributed by atoms with Gasteiger partial charge in [0.25, 0.3) is 0 Å². The molecule has 0 aliphatic carbocycles. The number of methoxy groups -OCH3 is 1. The summed E-state index contributed by atoms with van der Waals surface area (Å²) in [7, 11) is 1.66. The van der Waals surface area contributed by atoms with E-state index in [1.807, 2.05) is 18.2 Å². The molecule has 2 aromatic carbocycles. The van der Waals surface area contributed by atoms with E-state index in [9.17, 15) is 0 Å². The van der Waals surface area contributed by atoms with Gasteiger partial charge in [0.15, 0.2) is 0 Å². The summed E-state index contributed by atoms with van der Waals surface area (Å²) in [6.45, 7) is 4.20. The Morgan fingerprint density at radius 2 is 1.86 bits per heavy atom. The molecule has 0 aliphatic heterocycles. The van der Waals surface area contributed by atoms with Crippen LogP contribution in [0.1, 0.15) is 28.3 Å². The Kier molecular flexibility index (Phi) is 5.23. The van der Waals surface area contributed by atoms with Crippen LogP contribution in [-0.2, 0) is 6.42 Å². The summed E-state index contributed by atoms with van der Waals surface area (Å²) in [5.41, 5.74) is 7.62. The largest absolute Gasteiger partial charge is 0.496 e. The fraction of sp³-hybridized carbons (Fsp3) is 0.294. The predicted octanol–water partition coefficient (Wildman–Crippen LogP) is 3.71. The molecule has 1 atom stereocenters. The molecule has 4 heteroatoms. The third kappa shape index (κ3) is 3.56. The minimum absolute atomic E-state index is 0.0126. The summed E-state index contributed by atoms with van der Waals surface area (Å²) in [6, 6.07) is 11.9. The maximum atomic E-state index is 6.10. The van der Waals surface area contributed by atoms with Crippen molar-refractivity contribution in [1.29, 1.82) is 0 Å². The molecule has 2 rings (SSSR count). The molecule has 0 saturated carbocycles. The van der Waals surface area contributed by atoms with E-state index in [1.54, 1.807) is 7.11 Å². The SMILES string of the molecule is COc1ccc(Cl)cc1CC(NN)c1c(C)cccc1C. The van der Waals surface area contributed by atoms with E-state index in [0.29, 0.717) is 11.4 Å². The van der Waals surface area contributed by atoms with E-state index in [0.717, 1.165) is 11.3 Å². The smallest absolute Gasteiger partial charge is 0.122 e. The van der Waals surface area contributed by atoms with E-state index >= 15 is 0 Å². The molecule has 0 heterocycles. The third-order valence-electron chi connectivity index (χ3n) is 3.76. The number of nitrogens with two attached hydrogens (primary N) is 1. The van der Waals surface area contributed by atoms with Crippen LogP contribution in [0.4, 0.5) is 0 Å². The van der Waals surface area contributed by atoms with Crippen molar-refractivity contribution in [3.63, 3.8) is 0 Å². The number of benzene rings is 2. The molecule has 0 saturated heterocycles. The highest BCUT2D eigenvalue weighted by molar-refractivity contribution is 6.30. The molecule has 0 fully saturated rings. The Hall–Kier alpha value is -1.55. The van der Waals surface area contributed by atoms with Gasteiger partial charge in [0, 0.05) is 5.02 Å². The van der Waals surface area contributed by atoms with E-state index in [2.05, 4.69) is 37.5 Å². The van der Waals surface area contributed by atoms with Gasteiger partial charge in [-0.05, 0) is 60.7 Å². The monoisotopic (exact) mass is 304 g/mol. The molecule has 1 unspecified atom stereocenters. The zero-order chi connectivity index (χ0) is 15.4. The molecular formula is C17H21ClN2O. The molecule has 0 spiro atoms. The highest BCUT2D eigenvalue weighted by atomic mass is 35.5. The minimum Gasteiger partial charge on any atom is -0.496 e. The Morgan fingerprint density at radius 1 is 1.19 bits per heavy atom. The number of nitrogens with one attached hydrogen (secondary N) is 1. The predicted molar refractivity (Wildman–Crippen MR) is 87.7 cm³/mol. The maximum Gasteiger partial charge on any atom is 0.122 e. The van der Waals surface area contributed by atoms with Gasteiger partial charge in [-0.15, -0.1) is 0 Å². The van der Waals surface area contributed by atoms with Gasteiger partial charge in [-0.25, -0.2) is 0 Å². The molecule has 0 aliphatic rings. The lowest BCUT2D eigenvalue weighted by atomic mass is 9.92. The lowest BCUT2D eigenvalue weighted by Gasteiger charge is -2.22. The molecule has 2 aromatic rings. The van der Waals surface area contributed by atoms with Gasteiger partial charge in [0.1, 0.15) is 5.75 Å². The average molecular weight is 305 g/mol. The number of ether oxygens (including phenoxy) is 1. The quantitative estimate of drug-likeness (QED) is 0.654. The van der Waals surface area contributed by atoms with Gasteiger partial charge in [-0.3, -0.25) is 11.3 Å². The number of halogens is 1. The number of hydrogen-bond acceptors (Lipinski definition) is 3. The van der Waals surface area contributed by atoms with Crippen molar-refractivity contribution in [2.75, 3.05) is 7.11 Å². The summed E-state index contributed by atoms with van der Waals surface area (Å²) < 4.78 is 5.41. The molecule has 0 amide bonds. The second-order valence-electron chi connectivity index (χ2n) is 5.19. The summed E-state index contributed by atoms with van der Waals surface area (Å²) >= 11 is 6.10. The molecule has 0 radical (unpaired) electrons. The van der Waals surface area contributed by atoms with Gasteiger partial charge >= 0.3 is 0 Å². The lowest BCUT2D eigenvalue weighted by Crippen LogP contribution is -2.30. The minimum atomic E-state index is 0.0126. The van der Waals surface area contributed by atoms with Crippen LogP contribution in [0, 0.1) is 13.8 Å². The Morgan fingerprint density at radius 3 is 2.43 bits per heavy atom. The third-order valence-corrected chi connectivity index (χ3v) is 3.99. The molecule has 3 nitrogen and oxygen atoms in total. The summed E-state index contributed by atoms with van der Waals surface area (Å²) in [5.74, 6) is 6.62. The van der Waals surface area contributed by atoms with Crippen molar-refractivity contribution in [2.45, 2.75) is 26.3 Å². The Bertz CT molecular complexity index is 608. The number of aryl methyl sites for hydroxylation is 2. The fourth-order valence-electron chi connectivity index (χ4n) is 2.75. The van der Waals surface area contributed by atoms with Gasteiger partial charge in [0.2, 0.25) is 0 Å². The first-order chi connectivity index (χ1) is 10.1. The Labute approximate surface area is 131 Å². The van der Waals surface area contributed by atoms with Crippen LogP contribution in [0.25, 0.3) is 0 Å². The fourth-order valence-corrected chi connectivity index (χ4v) is 2.94. The van der Waals surface area contributed by atoms with Crippen LogP contribution in [0.15, 0.2) is 36.4 Å².